The third-order valence-electron chi connectivity index (χ3n) is 7.71. The van der Waals surface area contributed by atoms with Gasteiger partial charge in [-0.1, -0.05) is 72.3 Å². The Balaban J connectivity index is 1.30. The molecule has 1 saturated heterocycles. The first-order valence-corrected chi connectivity index (χ1v) is 13.1. The fraction of sp³-hybridized carbons (Fsp3) is 0.300. The number of halogens is 1. The summed E-state index contributed by atoms with van der Waals surface area (Å²) in [6.45, 7) is 8.37. The van der Waals surface area contributed by atoms with E-state index in [2.05, 4.69) is 29.6 Å². The van der Waals surface area contributed by atoms with Gasteiger partial charge in [0, 0.05) is 12.5 Å². The van der Waals surface area contributed by atoms with Crippen molar-refractivity contribution in [2.24, 2.45) is 0 Å². The Hall–Kier alpha value is -3.26. The molecule has 0 unspecified atom stereocenters. The van der Waals surface area contributed by atoms with Crippen molar-refractivity contribution in [2.45, 2.75) is 44.8 Å². The molecule has 1 fully saturated rings. The number of amides is 1. The van der Waals surface area contributed by atoms with Crippen LogP contribution in [0.3, 0.4) is 0 Å². The Morgan fingerprint density at radius 3 is 2.16 bits per heavy atom. The first-order chi connectivity index (χ1) is 18.1. The number of alkyl carbamates (subject to hydrolysis) is 1. The summed E-state index contributed by atoms with van der Waals surface area (Å²) >= 11 is 6.24. The van der Waals surface area contributed by atoms with E-state index in [4.69, 9.17) is 31.4 Å². The van der Waals surface area contributed by atoms with Crippen molar-refractivity contribution >= 4 is 36.6 Å². The van der Waals surface area contributed by atoms with Crippen LogP contribution in [0.1, 0.15) is 50.3 Å². The minimum absolute atomic E-state index is 0.0109. The van der Waals surface area contributed by atoms with Gasteiger partial charge in [-0.3, -0.25) is 0 Å². The summed E-state index contributed by atoms with van der Waals surface area (Å²) in [5.41, 5.74) is 11.6. The zero-order valence-corrected chi connectivity index (χ0v) is 22.8. The van der Waals surface area contributed by atoms with Gasteiger partial charge >= 0.3 is 13.2 Å². The third kappa shape index (κ3) is 5.06. The lowest BCUT2D eigenvalue weighted by Gasteiger charge is -2.32. The normalized spacial score (nSPS) is 17.7. The molecule has 1 aliphatic heterocycles. The van der Waals surface area contributed by atoms with Gasteiger partial charge in [-0.25, -0.2) is 4.79 Å². The Bertz CT molecular complexity index is 1340. The number of ether oxygens (including phenoxy) is 1. The van der Waals surface area contributed by atoms with Crippen LogP contribution in [0.15, 0.2) is 72.2 Å². The second-order valence-corrected chi connectivity index (χ2v) is 11.2. The van der Waals surface area contributed by atoms with E-state index in [0.717, 1.165) is 11.0 Å². The maximum absolute atomic E-state index is 12.9. The number of benzene rings is 3. The van der Waals surface area contributed by atoms with Gasteiger partial charge in [0.05, 0.1) is 21.9 Å². The van der Waals surface area contributed by atoms with Crippen LogP contribution >= 0.6 is 11.6 Å². The topological polar surface area (TPSA) is 82.8 Å². The molecule has 5 rings (SSSR count). The second-order valence-electron chi connectivity index (χ2n) is 10.8. The smallest absolute Gasteiger partial charge is 0.449 e. The molecule has 0 saturated carbocycles. The molecule has 196 valence electrons. The molecule has 8 heteroatoms. The standard InChI is InChI=1S/C30H32BClN2O4/c1-29(2)30(3,4)38-31(37-29)20(15-19-13-14-27(33)26(32)16-19)17-34-28(35)36-18-25-23-11-7-5-9-21(23)22-10-6-8-12-24(22)25/h5-16,25H,17-18,33H2,1-4H3,(H,34,35). The highest BCUT2D eigenvalue weighted by molar-refractivity contribution is 6.56. The van der Waals surface area contributed by atoms with Crippen LogP contribution in [0.4, 0.5) is 10.5 Å². The van der Waals surface area contributed by atoms with E-state index in [1.54, 1.807) is 12.1 Å². The molecule has 1 aliphatic carbocycles. The van der Waals surface area contributed by atoms with Gasteiger partial charge in [0.25, 0.3) is 0 Å². The maximum atomic E-state index is 12.9. The van der Waals surface area contributed by atoms with Crippen LogP contribution in [0, 0.1) is 0 Å². The SMILES string of the molecule is CC1(C)OB(C(=Cc2ccc(N)c(Cl)c2)CNC(=O)OCC2c3ccccc3-c3ccccc32)OC1(C)C. The van der Waals surface area contributed by atoms with Crippen LogP contribution in [-0.2, 0) is 14.0 Å². The zero-order chi connectivity index (χ0) is 27.1. The molecule has 0 aromatic heterocycles. The molecule has 0 atom stereocenters. The highest BCUT2D eigenvalue weighted by Crippen LogP contribution is 2.44. The number of nitrogen functional groups attached to an aromatic ring is 1. The Kier molecular flexibility index (Phi) is 7.03. The average Bonchev–Trinajstić information content (AvgIpc) is 3.31. The van der Waals surface area contributed by atoms with Gasteiger partial charge in [-0.05, 0) is 73.1 Å². The van der Waals surface area contributed by atoms with Crippen molar-refractivity contribution in [1.29, 1.82) is 0 Å². The van der Waals surface area contributed by atoms with E-state index in [-0.39, 0.29) is 19.1 Å². The van der Waals surface area contributed by atoms with E-state index in [1.165, 1.54) is 22.3 Å². The molecule has 1 heterocycles. The number of hydrogen-bond acceptors (Lipinski definition) is 5. The summed E-state index contributed by atoms with van der Waals surface area (Å²) in [5, 5.41) is 3.34. The predicted molar refractivity (Wildman–Crippen MR) is 153 cm³/mol. The minimum Gasteiger partial charge on any atom is -0.449 e. The van der Waals surface area contributed by atoms with Crippen molar-refractivity contribution in [2.75, 3.05) is 18.9 Å². The summed E-state index contributed by atoms with van der Waals surface area (Å²) < 4.78 is 18.3. The molecule has 3 aromatic carbocycles. The monoisotopic (exact) mass is 530 g/mol. The van der Waals surface area contributed by atoms with Crippen LogP contribution in [0.25, 0.3) is 17.2 Å². The lowest BCUT2D eigenvalue weighted by molar-refractivity contribution is 0.00578. The molecule has 0 bridgehead atoms. The number of hydrogen-bond donors (Lipinski definition) is 2. The summed E-state index contributed by atoms with van der Waals surface area (Å²) in [4.78, 5) is 12.9. The van der Waals surface area contributed by atoms with Gasteiger partial charge in [-0.2, -0.15) is 0 Å². The summed E-state index contributed by atoms with van der Waals surface area (Å²) in [6, 6.07) is 21.9. The lowest BCUT2D eigenvalue weighted by atomic mass is 9.77. The molecule has 3 aromatic rings. The van der Waals surface area contributed by atoms with Crippen molar-refractivity contribution < 1.29 is 18.8 Å². The molecule has 38 heavy (non-hydrogen) atoms. The van der Waals surface area contributed by atoms with Crippen molar-refractivity contribution in [1.82, 2.24) is 5.32 Å². The average molecular weight is 531 g/mol. The molecule has 2 aliphatic rings. The van der Waals surface area contributed by atoms with E-state index < -0.39 is 24.4 Å². The van der Waals surface area contributed by atoms with Gasteiger partial charge in [0.15, 0.2) is 0 Å². The van der Waals surface area contributed by atoms with Crippen molar-refractivity contribution in [3.05, 3.63) is 93.9 Å². The van der Waals surface area contributed by atoms with E-state index in [9.17, 15) is 4.79 Å². The number of anilines is 1. The number of nitrogens with one attached hydrogen (secondary N) is 1. The molecule has 6 nitrogen and oxygen atoms in total. The predicted octanol–water partition coefficient (Wildman–Crippen LogP) is 6.48. The van der Waals surface area contributed by atoms with Crippen molar-refractivity contribution in [3.8, 4) is 11.1 Å². The van der Waals surface area contributed by atoms with Gasteiger partial charge in [-0.15, -0.1) is 0 Å². The van der Waals surface area contributed by atoms with Gasteiger partial charge < -0.3 is 25.1 Å². The number of fused-ring (bicyclic) bond motifs is 3. The van der Waals surface area contributed by atoms with Crippen LogP contribution in [-0.4, -0.2) is 37.6 Å². The molecular weight excluding hydrogens is 499 g/mol. The highest BCUT2D eigenvalue weighted by atomic mass is 35.5. The Morgan fingerprint density at radius 1 is 1.00 bits per heavy atom. The molecule has 0 spiro atoms. The quantitative estimate of drug-likeness (QED) is 0.282. The minimum atomic E-state index is -0.648. The first kappa shape index (κ1) is 26.4. The number of carbonyl (C=O) groups is 1. The van der Waals surface area contributed by atoms with Crippen LogP contribution < -0.4 is 11.1 Å². The Morgan fingerprint density at radius 2 is 1.58 bits per heavy atom. The largest absolute Gasteiger partial charge is 0.492 e. The van der Waals surface area contributed by atoms with Gasteiger partial charge in [0.1, 0.15) is 6.61 Å². The number of carbonyl (C=O) groups excluding carboxylic acids is 1. The Labute approximate surface area is 229 Å². The highest BCUT2D eigenvalue weighted by Gasteiger charge is 2.52. The summed E-state index contributed by atoms with van der Waals surface area (Å²) in [7, 11) is -0.648. The third-order valence-corrected chi connectivity index (χ3v) is 8.04. The van der Waals surface area contributed by atoms with Gasteiger partial charge in [0.2, 0.25) is 0 Å². The molecule has 3 N–H and O–H groups in total. The number of rotatable bonds is 6. The maximum Gasteiger partial charge on any atom is 0.492 e. The van der Waals surface area contributed by atoms with E-state index in [0.29, 0.717) is 10.7 Å². The van der Waals surface area contributed by atoms with Crippen LogP contribution in [0.2, 0.25) is 5.02 Å². The zero-order valence-electron chi connectivity index (χ0n) is 22.1. The summed E-state index contributed by atoms with van der Waals surface area (Å²) in [5.74, 6) is -0.0109. The molecule has 0 radical (unpaired) electrons. The first-order valence-electron chi connectivity index (χ1n) is 12.8. The van der Waals surface area contributed by atoms with E-state index in [1.807, 2.05) is 64.1 Å². The fourth-order valence-corrected chi connectivity index (χ4v) is 5.06. The fourth-order valence-electron chi connectivity index (χ4n) is 4.87. The second kappa shape index (κ2) is 10.1. The number of nitrogens with two attached hydrogens (primary N) is 1. The summed E-state index contributed by atoms with van der Waals surface area (Å²) in [6.07, 6.45) is 1.39. The van der Waals surface area contributed by atoms with Crippen molar-refractivity contribution in [3.63, 3.8) is 0 Å². The van der Waals surface area contributed by atoms with E-state index >= 15 is 0 Å². The lowest BCUT2D eigenvalue weighted by Crippen LogP contribution is -2.41. The molecular formula is C30H32BClN2O4. The van der Waals surface area contributed by atoms with Crippen LogP contribution in [0.5, 0.6) is 0 Å². The molecule has 1 amide bonds.